The smallest absolute Gasteiger partial charge is 0.124 e. The van der Waals surface area contributed by atoms with Crippen LogP contribution in [0.1, 0.15) is 16.7 Å². The van der Waals surface area contributed by atoms with E-state index in [2.05, 4.69) is 53.8 Å². The number of nitrogens with one attached hydrogen (secondary N) is 1. The first-order valence-corrected chi connectivity index (χ1v) is 10.8. The third kappa shape index (κ3) is 5.34. The Bertz CT molecular complexity index is 1110. The van der Waals surface area contributed by atoms with Gasteiger partial charge in [-0.25, -0.2) is 0 Å². The third-order valence-electron chi connectivity index (χ3n) is 5.11. The molecule has 0 saturated carbocycles. The molecule has 0 atom stereocenters. The quantitative estimate of drug-likeness (QED) is 0.299. The summed E-state index contributed by atoms with van der Waals surface area (Å²) < 4.78 is 6.20. The molecule has 152 valence electrons. The van der Waals surface area contributed by atoms with Gasteiger partial charge in [0.2, 0.25) is 0 Å². The van der Waals surface area contributed by atoms with Gasteiger partial charge in [0.1, 0.15) is 12.4 Å². The van der Waals surface area contributed by atoms with Gasteiger partial charge in [0, 0.05) is 22.2 Å². The van der Waals surface area contributed by atoms with E-state index in [1.54, 1.807) is 0 Å². The molecule has 30 heavy (non-hydrogen) atoms. The summed E-state index contributed by atoms with van der Waals surface area (Å²) in [4.78, 5) is 0. The minimum atomic E-state index is 0.507. The van der Waals surface area contributed by atoms with Crippen LogP contribution in [-0.2, 0) is 19.6 Å². The first-order valence-electron chi connectivity index (χ1n) is 10.0. The summed E-state index contributed by atoms with van der Waals surface area (Å²) in [5.41, 5.74) is 3.54. The molecule has 0 aromatic heterocycles. The maximum absolute atomic E-state index is 6.20. The second kappa shape index (κ2) is 9.99. The molecule has 4 aromatic rings. The molecule has 0 spiro atoms. The Morgan fingerprint density at radius 1 is 0.700 bits per heavy atom. The van der Waals surface area contributed by atoms with Crippen molar-refractivity contribution in [3.8, 4) is 5.75 Å². The van der Waals surface area contributed by atoms with Crippen LogP contribution in [-0.4, -0.2) is 6.54 Å². The average Bonchev–Trinajstić information content (AvgIpc) is 2.78. The molecule has 0 aliphatic rings. The third-order valence-corrected chi connectivity index (χ3v) is 5.61. The first-order chi connectivity index (χ1) is 14.7. The molecule has 4 heteroatoms. The molecule has 0 unspecified atom stereocenters. The molecule has 0 fully saturated rings. The SMILES string of the molecule is Clc1ccc(CCNCc2c(OCc3ccc(Cl)cc3)ccc3ccccc23)cc1. The van der Waals surface area contributed by atoms with Crippen LogP contribution >= 0.6 is 23.2 Å². The maximum Gasteiger partial charge on any atom is 0.124 e. The Hall–Kier alpha value is -2.52. The van der Waals surface area contributed by atoms with Crippen molar-refractivity contribution < 1.29 is 4.74 Å². The Balaban J connectivity index is 1.47. The monoisotopic (exact) mass is 435 g/mol. The summed E-state index contributed by atoms with van der Waals surface area (Å²) >= 11 is 12.0. The first kappa shape index (κ1) is 20.7. The lowest BCUT2D eigenvalue weighted by molar-refractivity contribution is 0.303. The van der Waals surface area contributed by atoms with Crippen molar-refractivity contribution in [2.75, 3.05) is 6.54 Å². The fourth-order valence-corrected chi connectivity index (χ4v) is 3.72. The van der Waals surface area contributed by atoms with Crippen LogP contribution in [0.2, 0.25) is 10.0 Å². The highest BCUT2D eigenvalue weighted by Crippen LogP contribution is 2.29. The van der Waals surface area contributed by atoms with E-state index in [0.717, 1.165) is 40.9 Å². The van der Waals surface area contributed by atoms with E-state index in [1.807, 2.05) is 36.4 Å². The number of rotatable bonds is 8. The van der Waals surface area contributed by atoms with Gasteiger partial charge in [-0.1, -0.05) is 77.8 Å². The second-order valence-electron chi connectivity index (χ2n) is 7.23. The minimum absolute atomic E-state index is 0.507. The van der Waals surface area contributed by atoms with E-state index < -0.39 is 0 Å². The lowest BCUT2D eigenvalue weighted by Gasteiger charge is -2.15. The van der Waals surface area contributed by atoms with Crippen LogP contribution in [0.15, 0.2) is 84.9 Å². The Labute approximate surface area is 187 Å². The number of ether oxygens (including phenoxy) is 1. The highest BCUT2D eigenvalue weighted by atomic mass is 35.5. The van der Waals surface area contributed by atoms with Crippen LogP contribution in [0.25, 0.3) is 10.8 Å². The summed E-state index contributed by atoms with van der Waals surface area (Å²) in [6.07, 6.45) is 0.947. The highest BCUT2D eigenvalue weighted by Gasteiger charge is 2.09. The summed E-state index contributed by atoms with van der Waals surface area (Å²) in [6, 6.07) is 28.4. The predicted molar refractivity (Wildman–Crippen MR) is 127 cm³/mol. The van der Waals surface area contributed by atoms with Gasteiger partial charge in [-0.2, -0.15) is 0 Å². The molecule has 0 bridgehead atoms. The fraction of sp³-hybridized carbons (Fsp3) is 0.154. The van der Waals surface area contributed by atoms with E-state index in [9.17, 15) is 0 Å². The van der Waals surface area contributed by atoms with E-state index in [0.29, 0.717) is 6.61 Å². The van der Waals surface area contributed by atoms with Crippen LogP contribution in [0.5, 0.6) is 5.75 Å². The van der Waals surface area contributed by atoms with Crippen molar-refractivity contribution in [3.05, 3.63) is 112 Å². The summed E-state index contributed by atoms with van der Waals surface area (Å²) in [5, 5.41) is 7.50. The molecule has 0 amide bonds. The van der Waals surface area contributed by atoms with Gasteiger partial charge in [-0.3, -0.25) is 0 Å². The van der Waals surface area contributed by atoms with Crippen LogP contribution in [0.4, 0.5) is 0 Å². The van der Waals surface area contributed by atoms with E-state index >= 15 is 0 Å². The zero-order valence-electron chi connectivity index (χ0n) is 16.6. The average molecular weight is 436 g/mol. The minimum Gasteiger partial charge on any atom is -0.489 e. The molecular weight excluding hydrogens is 413 g/mol. The van der Waals surface area contributed by atoms with E-state index in [4.69, 9.17) is 27.9 Å². The van der Waals surface area contributed by atoms with E-state index in [1.165, 1.54) is 21.9 Å². The summed E-state index contributed by atoms with van der Waals surface area (Å²) in [5.74, 6) is 0.905. The zero-order chi connectivity index (χ0) is 20.8. The number of fused-ring (bicyclic) bond motifs is 1. The molecule has 0 radical (unpaired) electrons. The number of benzene rings is 4. The predicted octanol–water partition coefficient (Wildman–Crippen LogP) is 7.06. The molecule has 2 nitrogen and oxygen atoms in total. The van der Waals surface area contributed by atoms with E-state index in [-0.39, 0.29) is 0 Å². The Kier molecular flexibility index (Phi) is 6.91. The van der Waals surface area contributed by atoms with Crippen molar-refractivity contribution in [1.82, 2.24) is 5.32 Å². The molecule has 0 aliphatic carbocycles. The van der Waals surface area contributed by atoms with Crippen molar-refractivity contribution in [2.24, 2.45) is 0 Å². The largest absolute Gasteiger partial charge is 0.489 e. The molecule has 0 aliphatic heterocycles. The highest BCUT2D eigenvalue weighted by molar-refractivity contribution is 6.30. The maximum atomic E-state index is 6.20. The van der Waals surface area contributed by atoms with Gasteiger partial charge < -0.3 is 10.1 Å². The topological polar surface area (TPSA) is 21.3 Å². The van der Waals surface area contributed by atoms with Crippen molar-refractivity contribution >= 4 is 34.0 Å². The van der Waals surface area contributed by atoms with Gasteiger partial charge in [0.25, 0.3) is 0 Å². The summed E-state index contributed by atoms with van der Waals surface area (Å²) in [6.45, 7) is 2.12. The lowest BCUT2D eigenvalue weighted by atomic mass is 10.0. The van der Waals surface area contributed by atoms with Crippen molar-refractivity contribution in [1.29, 1.82) is 0 Å². The Morgan fingerprint density at radius 2 is 1.37 bits per heavy atom. The van der Waals surface area contributed by atoms with Crippen LogP contribution in [0, 0.1) is 0 Å². The normalized spacial score (nSPS) is 11.0. The molecule has 0 heterocycles. The number of hydrogen-bond donors (Lipinski definition) is 1. The molecular formula is C26H23Cl2NO. The number of halogens is 2. The molecule has 1 N–H and O–H groups in total. The molecule has 4 rings (SSSR count). The number of hydrogen-bond acceptors (Lipinski definition) is 2. The standard InChI is InChI=1S/C26H23Cl2NO/c27-22-10-5-19(6-11-22)15-16-29-17-25-24-4-2-1-3-21(24)9-14-26(25)30-18-20-7-12-23(28)13-8-20/h1-14,29H,15-18H2. The van der Waals surface area contributed by atoms with Gasteiger partial charge in [0.15, 0.2) is 0 Å². The lowest BCUT2D eigenvalue weighted by Crippen LogP contribution is -2.17. The van der Waals surface area contributed by atoms with Gasteiger partial charge >= 0.3 is 0 Å². The molecule has 4 aromatic carbocycles. The summed E-state index contributed by atoms with van der Waals surface area (Å²) in [7, 11) is 0. The van der Waals surface area contributed by atoms with Gasteiger partial charge in [-0.05, 0) is 65.2 Å². The van der Waals surface area contributed by atoms with Gasteiger partial charge in [0.05, 0.1) is 0 Å². The van der Waals surface area contributed by atoms with Crippen LogP contribution < -0.4 is 10.1 Å². The van der Waals surface area contributed by atoms with Gasteiger partial charge in [-0.15, -0.1) is 0 Å². The Morgan fingerprint density at radius 3 is 2.10 bits per heavy atom. The van der Waals surface area contributed by atoms with Crippen molar-refractivity contribution in [2.45, 2.75) is 19.6 Å². The van der Waals surface area contributed by atoms with Crippen LogP contribution in [0.3, 0.4) is 0 Å². The zero-order valence-corrected chi connectivity index (χ0v) is 18.1. The molecule has 0 saturated heterocycles. The fourth-order valence-electron chi connectivity index (χ4n) is 3.47. The van der Waals surface area contributed by atoms with Crippen molar-refractivity contribution in [3.63, 3.8) is 0 Å². The second-order valence-corrected chi connectivity index (χ2v) is 8.10.